The van der Waals surface area contributed by atoms with Crippen molar-refractivity contribution in [2.75, 3.05) is 0 Å². The molecule has 0 nitrogen and oxygen atoms in total. The van der Waals surface area contributed by atoms with Crippen molar-refractivity contribution in [3.05, 3.63) is 145 Å². The Morgan fingerprint density at radius 3 is 1.21 bits per heavy atom. The fourth-order valence-corrected chi connectivity index (χ4v) is 5.69. The second-order valence-electron chi connectivity index (χ2n) is 7.18. The molecule has 4 aromatic carbocycles. The quantitative estimate of drug-likeness (QED) is 0.411. The van der Waals surface area contributed by atoms with Crippen LogP contribution >= 0.6 is 0 Å². The third-order valence-electron chi connectivity index (χ3n) is 5.31. The second kappa shape index (κ2) is 8.72. The molecule has 0 unspecified atom stereocenters. The van der Waals surface area contributed by atoms with Crippen LogP contribution in [0.15, 0.2) is 122 Å². The minimum absolute atomic E-state index is 0.709. The number of hydrogen-bond acceptors (Lipinski definition) is 0. The van der Waals surface area contributed by atoms with Gasteiger partial charge in [0.2, 0.25) is 0 Å². The smallest absolute Gasteiger partial charge is 0.0891 e. The van der Waals surface area contributed by atoms with Crippen molar-refractivity contribution in [3.8, 4) is 0 Å². The molecule has 0 saturated carbocycles. The summed E-state index contributed by atoms with van der Waals surface area (Å²) in [6.07, 6.45) is 0. The van der Waals surface area contributed by atoms with Crippen molar-refractivity contribution in [1.82, 2.24) is 0 Å². The monoisotopic (exact) mass is 388 g/mol. The Morgan fingerprint density at radius 1 is 0.448 bits per heavy atom. The van der Waals surface area contributed by atoms with Gasteiger partial charge in [-0.1, -0.05) is 133 Å². The molecular formula is C28H24Si. The molecule has 0 spiro atoms. The van der Waals surface area contributed by atoms with Gasteiger partial charge in [0.15, 0.2) is 0 Å². The molecule has 0 atom stereocenters. The van der Waals surface area contributed by atoms with Crippen LogP contribution in [0.4, 0.5) is 0 Å². The summed E-state index contributed by atoms with van der Waals surface area (Å²) in [5.41, 5.74) is 7.05. The summed E-state index contributed by atoms with van der Waals surface area (Å²) < 4.78 is 0. The number of hydrogen-bond donors (Lipinski definition) is 0. The Bertz CT molecular complexity index is 1050. The standard InChI is InChI=1S/C28H24Si/c1-21(23-13-5-3-6-14-23)25-17-9-11-19-27(25)29-28-20-12-10-18-26(28)22(2)24-15-7-4-8-16-24/h3-20H,1-2,29H2. The van der Waals surface area contributed by atoms with Crippen molar-refractivity contribution >= 4 is 31.0 Å². The first-order valence-corrected chi connectivity index (χ1v) is 11.3. The summed E-state index contributed by atoms with van der Waals surface area (Å²) in [5.74, 6) is 0. The highest BCUT2D eigenvalue weighted by Crippen LogP contribution is 2.21. The van der Waals surface area contributed by atoms with Crippen LogP contribution < -0.4 is 10.4 Å². The van der Waals surface area contributed by atoms with E-state index in [1.165, 1.54) is 32.6 Å². The molecule has 0 heterocycles. The van der Waals surface area contributed by atoms with Crippen molar-refractivity contribution in [2.45, 2.75) is 0 Å². The van der Waals surface area contributed by atoms with E-state index < -0.39 is 9.52 Å². The third kappa shape index (κ3) is 4.21. The van der Waals surface area contributed by atoms with Gasteiger partial charge in [-0.3, -0.25) is 0 Å². The van der Waals surface area contributed by atoms with E-state index in [0.29, 0.717) is 0 Å². The van der Waals surface area contributed by atoms with Crippen molar-refractivity contribution < 1.29 is 0 Å². The maximum Gasteiger partial charge on any atom is 0.0891 e. The normalized spacial score (nSPS) is 10.5. The Balaban J connectivity index is 1.70. The van der Waals surface area contributed by atoms with Gasteiger partial charge in [0, 0.05) is 0 Å². The molecule has 0 aromatic heterocycles. The first kappa shape index (κ1) is 18.9. The maximum absolute atomic E-state index is 4.41. The molecule has 1 heteroatoms. The highest BCUT2D eigenvalue weighted by molar-refractivity contribution is 6.69. The van der Waals surface area contributed by atoms with Gasteiger partial charge in [-0.15, -0.1) is 0 Å². The summed E-state index contributed by atoms with van der Waals surface area (Å²) in [6, 6.07) is 38.3. The van der Waals surface area contributed by atoms with Crippen LogP contribution in [0.5, 0.6) is 0 Å². The molecule has 0 aliphatic heterocycles. The minimum Gasteiger partial charge on any atom is -0.0906 e. The van der Waals surface area contributed by atoms with E-state index in [2.05, 4.69) is 110 Å². The molecule has 0 aliphatic carbocycles. The Morgan fingerprint density at radius 2 is 0.793 bits per heavy atom. The van der Waals surface area contributed by atoms with E-state index in [0.717, 1.165) is 11.1 Å². The average molecular weight is 389 g/mol. The molecule has 140 valence electrons. The summed E-state index contributed by atoms with van der Waals surface area (Å²) in [4.78, 5) is 0. The van der Waals surface area contributed by atoms with Gasteiger partial charge in [-0.25, -0.2) is 0 Å². The van der Waals surface area contributed by atoms with E-state index >= 15 is 0 Å². The lowest BCUT2D eigenvalue weighted by molar-refractivity contribution is 1.57. The van der Waals surface area contributed by atoms with Crippen LogP contribution in [0.3, 0.4) is 0 Å². The summed E-state index contributed by atoms with van der Waals surface area (Å²) in [7, 11) is -0.709. The fraction of sp³-hybridized carbons (Fsp3) is 0. The van der Waals surface area contributed by atoms with Crippen LogP contribution in [0, 0.1) is 0 Å². The largest absolute Gasteiger partial charge is 0.0906 e. The van der Waals surface area contributed by atoms with Crippen LogP contribution in [0.1, 0.15) is 22.3 Å². The predicted octanol–water partition coefficient (Wildman–Crippen LogP) is 4.93. The molecular weight excluding hydrogens is 364 g/mol. The predicted molar refractivity (Wildman–Crippen MR) is 130 cm³/mol. The molecule has 0 amide bonds. The van der Waals surface area contributed by atoms with Crippen molar-refractivity contribution in [2.24, 2.45) is 0 Å². The summed E-state index contributed by atoms with van der Waals surface area (Å²) >= 11 is 0. The summed E-state index contributed by atoms with van der Waals surface area (Å²) in [6.45, 7) is 8.81. The highest BCUT2D eigenvalue weighted by atomic mass is 28.2. The lowest BCUT2D eigenvalue weighted by Gasteiger charge is -2.16. The fourth-order valence-electron chi connectivity index (χ4n) is 3.73. The zero-order chi connectivity index (χ0) is 20.1. The molecule has 0 aliphatic rings. The molecule has 4 aromatic rings. The number of benzene rings is 4. The molecule has 29 heavy (non-hydrogen) atoms. The lowest BCUT2D eigenvalue weighted by atomic mass is 9.99. The molecule has 0 fully saturated rings. The number of rotatable bonds is 6. The SMILES string of the molecule is C=C(c1ccccc1)c1ccccc1[SiH2]c1ccccc1C(=C)c1ccccc1. The van der Waals surface area contributed by atoms with Gasteiger partial charge in [0.05, 0.1) is 9.52 Å². The maximum atomic E-state index is 4.41. The van der Waals surface area contributed by atoms with Crippen molar-refractivity contribution in [3.63, 3.8) is 0 Å². The zero-order valence-electron chi connectivity index (χ0n) is 16.5. The van der Waals surface area contributed by atoms with Gasteiger partial charge >= 0.3 is 0 Å². The van der Waals surface area contributed by atoms with E-state index in [1.807, 2.05) is 12.1 Å². The van der Waals surface area contributed by atoms with Gasteiger partial charge < -0.3 is 0 Å². The van der Waals surface area contributed by atoms with E-state index in [9.17, 15) is 0 Å². The Labute approximate surface area is 175 Å². The van der Waals surface area contributed by atoms with E-state index in [1.54, 1.807) is 0 Å². The molecule has 0 radical (unpaired) electrons. The molecule has 4 rings (SSSR count). The van der Waals surface area contributed by atoms with Gasteiger partial charge in [0.1, 0.15) is 0 Å². The topological polar surface area (TPSA) is 0 Å². The van der Waals surface area contributed by atoms with Crippen molar-refractivity contribution in [1.29, 1.82) is 0 Å². The molecule has 0 N–H and O–H groups in total. The average Bonchev–Trinajstić information content (AvgIpc) is 2.80. The minimum atomic E-state index is -0.709. The lowest BCUT2D eigenvalue weighted by Crippen LogP contribution is -2.32. The second-order valence-corrected chi connectivity index (χ2v) is 9.06. The first-order valence-electron chi connectivity index (χ1n) is 9.89. The van der Waals surface area contributed by atoms with Crippen LogP contribution in [-0.2, 0) is 0 Å². The first-order chi connectivity index (χ1) is 14.2. The molecule has 0 bridgehead atoms. The highest BCUT2D eigenvalue weighted by Gasteiger charge is 2.12. The zero-order valence-corrected chi connectivity index (χ0v) is 17.9. The van der Waals surface area contributed by atoms with Crippen LogP contribution in [0.25, 0.3) is 11.1 Å². The third-order valence-corrected chi connectivity index (χ3v) is 7.31. The Kier molecular flexibility index (Phi) is 5.69. The molecule has 0 saturated heterocycles. The Hall–Kier alpha value is -3.42. The van der Waals surface area contributed by atoms with Gasteiger partial charge in [-0.2, -0.15) is 0 Å². The van der Waals surface area contributed by atoms with Gasteiger partial charge in [-0.05, 0) is 33.4 Å². The van der Waals surface area contributed by atoms with E-state index in [4.69, 9.17) is 0 Å². The summed E-state index contributed by atoms with van der Waals surface area (Å²) in [5, 5.41) is 2.82. The van der Waals surface area contributed by atoms with Crippen LogP contribution in [0.2, 0.25) is 0 Å². The van der Waals surface area contributed by atoms with E-state index in [-0.39, 0.29) is 0 Å². The van der Waals surface area contributed by atoms with Crippen LogP contribution in [-0.4, -0.2) is 9.52 Å². The van der Waals surface area contributed by atoms with Gasteiger partial charge in [0.25, 0.3) is 0 Å².